The number of aromatic nitrogens is 1. The summed E-state index contributed by atoms with van der Waals surface area (Å²) in [5.41, 5.74) is 7.41. The number of hydrogen-bond acceptors (Lipinski definition) is 4. The number of benzene rings is 1. The summed E-state index contributed by atoms with van der Waals surface area (Å²) in [7, 11) is 0. The lowest BCUT2D eigenvalue weighted by molar-refractivity contribution is -0.191. The monoisotopic (exact) mass is 230 g/mol. The van der Waals surface area contributed by atoms with E-state index in [2.05, 4.69) is 4.98 Å². The second kappa shape index (κ2) is 5.53. The van der Waals surface area contributed by atoms with Gasteiger partial charge in [-0.25, -0.2) is 4.98 Å². The Balaban J connectivity index is 0.000000437. The number of fused-ring (bicyclic) bond motifs is 1. The van der Waals surface area contributed by atoms with Crippen molar-refractivity contribution >= 4 is 23.0 Å². The Hall–Kier alpha value is -2.52. The molecule has 1 aromatic heterocycles. The first-order chi connectivity index (χ1) is 8.08. The number of pyridine rings is 1. The molecule has 0 aliphatic carbocycles. The molecule has 0 atom stereocenters. The van der Waals surface area contributed by atoms with Crippen LogP contribution in [0.5, 0.6) is 0 Å². The summed E-state index contributed by atoms with van der Waals surface area (Å²) in [4.78, 5) is 31.3. The van der Waals surface area contributed by atoms with Crippen LogP contribution < -0.4 is 5.73 Å². The lowest BCUT2D eigenvalue weighted by atomic mass is 10.1. The molecule has 0 spiro atoms. The number of hydrogen-bond donors (Lipinski definition) is 1. The predicted octanol–water partition coefficient (Wildman–Crippen LogP) is 1.06. The van der Waals surface area contributed by atoms with Gasteiger partial charge in [0.15, 0.2) is 0 Å². The summed E-state index contributed by atoms with van der Waals surface area (Å²) in [5.74, 6) is -0.493. The van der Waals surface area contributed by atoms with Crippen molar-refractivity contribution in [2.24, 2.45) is 5.73 Å². The van der Waals surface area contributed by atoms with Crippen molar-refractivity contribution in [3.63, 3.8) is 0 Å². The molecule has 2 N–H and O–H groups in total. The third-order valence-corrected chi connectivity index (χ3v) is 2.10. The zero-order valence-electron chi connectivity index (χ0n) is 9.14. The van der Waals surface area contributed by atoms with Crippen LogP contribution in [0.4, 0.5) is 0 Å². The summed E-state index contributed by atoms with van der Waals surface area (Å²) >= 11 is 0. The maximum atomic E-state index is 10.9. The minimum absolute atomic E-state index is 0.250. The normalized spacial score (nSPS) is 9.00. The highest BCUT2D eigenvalue weighted by Crippen LogP contribution is 2.13. The number of amides is 1. The predicted molar refractivity (Wildman–Crippen MR) is 60.0 cm³/mol. The number of aryl methyl sites for hydroxylation is 1. The van der Waals surface area contributed by atoms with Crippen molar-refractivity contribution in [1.29, 1.82) is 0 Å². The largest absolute Gasteiger partial charge is 0.373 e. The van der Waals surface area contributed by atoms with Crippen molar-refractivity contribution in [3.05, 3.63) is 41.6 Å². The number of nitrogens with two attached hydrogens (primary N) is 1. The van der Waals surface area contributed by atoms with Gasteiger partial charge in [-0.1, -0.05) is 17.7 Å². The van der Waals surface area contributed by atoms with E-state index in [0.717, 1.165) is 10.9 Å². The van der Waals surface area contributed by atoms with Crippen molar-refractivity contribution < 1.29 is 14.4 Å². The average Bonchev–Trinajstić information content (AvgIpc) is 2.29. The van der Waals surface area contributed by atoms with E-state index in [1.807, 2.05) is 31.2 Å². The number of carbonyl (C=O) groups excluding carboxylic acids is 3. The molecule has 1 amide bonds. The van der Waals surface area contributed by atoms with Crippen LogP contribution in [-0.4, -0.2) is 17.0 Å². The first kappa shape index (κ1) is 12.5. The van der Waals surface area contributed by atoms with E-state index in [0.29, 0.717) is 5.69 Å². The van der Waals surface area contributed by atoms with Gasteiger partial charge in [-0.15, -0.1) is 0 Å². The Labute approximate surface area is 97.3 Å². The zero-order chi connectivity index (χ0) is 12.8. The Morgan fingerprint density at radius 2 is 1.88 bits per heavy atom. The summed E-state index contributed by atoms with van der Waals surface area (Å²) in [6.45, 7) is 2.02. The molecule has 1 aromatic carbocycles. The molecular formula is C12H10N2O3. The molecule has 0 radical (unpaired) electrons. The topological polar surface area (TPSA) is 90.1 Å². The summed E-state index contributed by atoms with van der Waals surface area (Å²) in [5, 5.41) is 1.02. The van der Waals surface area contributed by atoms with E-state index in [4.69, 9.17) is 15.3 Å². The summed E-state index contributed by atoms with van der Waals surface area (Å²) < 4.78 is 0. The van der Waals surface area contributed by atoms with Gasteiger partial charge in [0.2, 0.25) is 0 Å². The fourth-order valence-electron chi connectivity index (χ4n) is 1.38. The Morgan fingerprint density at radius 3 is 2.47 bits per heavy atom. The SMILES string of the molecule is Cc1ccc2nc(C(N)=O)ccc2c1.O=C=O. The zero-order valence-corrected chi connectivity index (χ0v) is 9.14. The van der Waals surface area contributed by atoms with Crippen LogP contribution in [0, 0.1) is 6.92 Å². The first-order valence-corrected chi connectivity index (χ1v) is 4.75. The van der Waals surface area contributed by atoms with Crippen LogP contribution >= 0.6 is 0 Å². The molecule has 0 aliphatic heterocycles. The second-order valence-corrected chi connectivity index (χ2v) is 3.34. The van der Waals surface area contributed by atoms with Crippen molar-refractivity contribution in [2.75, 3.05) is 0 Å². The smallest absolute Gasteiger partial charge is 0.364 e. The van der Waals surface area contributed by atoms with Crippen molar-refractivity contribution in [3.8, 4) is 0 Å². The van der Waals surface area contributed by atoms with Gasteiger partial charge in [-0.05, 0) is 25.1 Å². The fourth-order valence-corrected chi connectivity index (χ4v) is 1.38. The number of primary amides is 1. The lowest BCUT2D eigenvalue weighted by Gasteiger charge is -2.00. The van der Waals surface area contributed by atoms with Gasteiger partial charge in [0, 0.05) is 5.39 Å². The van der Waals surface area contributed by atoms with Gasteiger partial charge < -0.3 is 5.73 Å². The van der Waals surface area contributed by atoms with Gasteiger partial charge in [-0.2, -0.15) is 9.59 Å². The molecule has 0 unspecified atom stereocenters. The van der Waals surface area contributed by atoms with E-state index in [1.165, 1.54) is 5.56 Å². The van der Waals surface area contributed by atoms with Crippen molar-refractivity contribution in [2.45, 2.75) is 6.92 Å². The maximum Gasteiger partial charge on any atom is 0.373 e. The first-order valence-electron chi connectivity index (χ1n) is 4.75. The molecule has 1 heterocycles. The molecule has 86 valence electrons. The van der Waals surface area contributed by atoms with Crippen LogP contribution in [0.25, 0.3) is 10.9 Å². The van der Waals surface area contributed by atoms with E-state index >= 15 is 0 Å². The number of rotatable bonds is 1. The third-order valence-electron chi connectivity index (χ3n) is 2.10. The molecule has 0 saturated heterocycles. The molecular weight excluding hydrogens is 220 g/mol. The van der Waals surface area contributed by atoms with E-state index in [-0.39, 0.29) is 6.15 Å². The van der Waals surface area contributed by atoms with Gasteiger partial charge in [0.25, 0.3) is 5.91 Å². The molecule has 2 rings (SSSR count). The Bertz CT molecular complexity index is 587. The number of carbonyl (C=O) groups is 1. The van der Waals surface area contributed by atoms with E-state index in [9.17, 15) is 4.79 Å². The van der Waals surface area contributed by atoms with Crippen LogP contribution in [0.1, 0.15) is 16.1 Å². The highest BCUT2D eigenvalue weighted by molar-refractivity contribution is 5.93. The molecule has 5 nitrogen and oxygen atoms in total. The van der Waals surface area contributed by atoms with Gasteiger partial charge in [0.1, 0.15) is 5.69 Å². The van der Waals surface area contributed by atoms with Crippen LogP contribution in [0.2, 0.25) is 0 Å². The van der Waals surface area contributed by atoms with Crippen LogP contribution in [0.15, 0.2) is 30.3 Å². The average molecular weight is 230 g/mol. The minimum Gasteiger partial charge on any atom is -0.364 e. The molecule has 0 aliphatic rings. The maximum absolute atomic E-state index is 10.9. The highest BCUT2D eigenvalue weighted by atomic mass is 16.2. The summed E-state index contributed by atoms with van der Waals surface area (Å²) in [6, 6.07) is 9.36. The number of nitrogens with zero attached hydrogens (tertiary/aromatic N) is 1. The van der Waals surface area contributed by atoms with Crippen molar-refractivity contribution in [1.82, 2.24) is 4.98 Å². The molecule has 0 bridgehead atoms. The summed E-state index contributed by atoms with van der Waals surface area (Å²) in [6.07, 6.45) is 0.250. The third kappa shape index (κ3) is 3.22. The molecule has 0 saturated carbocycles. The minimum atomic E-state index is -0.493. The van der Waals surface area contributed by atoms with Crippen LogP contribution in [0.3, 0.4) is 0 Å². The second-order valence-electron chi connectivity index (χ2n) is 3.34. The fraction of sp³-hybridized carbons (Fsp3) is 0.0833. The van der Waals surface area contributed by atoms with Gasteiger partial charge in [0.05, 0.1) is 5.52 Å². The van der Waals surface area contributed by atoms with E-state index in [1.54, 1.807) is 6.07 Å². The molecule has 17 heavy (non-hydrogen) atoms. The lowest BCUT2D eigenvalue weighted by Crippen LogP contribution is -2.12. The molecule has 5 heteroatoms. The van der Waals surface area contributed by atoms with E-state index < -0.39 is 5.91 Å². The standard InChI is InChI=1S/C11H10N2O.CO2/c1-7-2-4-9-8(6-7)3-5-10(13-9)11(12)14;2-1-3/h2-6H,1H3,(H2,12,14);. The quantitative estimate of drug-likeness (QED) is 0.793. The van der Waals surface area contributed by atoms with Crippen LogP contribution in [-0.2, 0) is 9.59 Å². The highest BCUT2D eigenvalue weighted by Gasteiger charge is 2.02. The molecule has 2 aromatic rings. The van der Waals surface area contributed by atoms with Gasteiger partial charge >= 0.3 is 6.15 Å². The Kier molecular flexibility index (Phi) is 4.08. The van der Waals surface area contributed by atoms with Gasteiger partial charge in [-0.3, -0.25) is 4.79 Å². The molecule has 0 fully saturated rings. The Morgan fingerprint density at radius 1 is 1.24 bits per heavy atom.